The Bertz CT molecular complexity index is 645. The molecule has 0 fully saturated rings. The maximum absolute atomic E-state index is 10.9. The lowest BCUT2D eigenvalue weighted by Crippen LogP contribution is -2.09. The van der Waals surface area contributed by atoms with Gasteiger partial charge in [0.2, 0.25) is 0 Å². The average Bonchev–Trinajstić information content (AvgIpc) is 2.36. The van der Waals surface area contributed by atoms with E-state index in [1.807, 2.05) is 13.8 Å². The summed E-state index contributed by atoms with van der Waals surface area (Å²) < 4.78 is 5.77. The average molecular weight is 280 g/mol. The quantitative estimate of drug-likeness (QED) is 0.855. The molecule has 0 saturated carbocycles. The normalized spacial score (nSPS) is 10.4. The molecule has 0 aromatic heterocycles. The Morgan fingerprint density at radius 3 is 2.43 bits per heavy atom. The van der Waals surface area contributed by atoms with E-state index in [1.165, 1.54) is 11.1 Å². The SMILES string of the molecule is [B]c1ccc(OCc2cc(C)cc(C)c2)c(CC(=O)O)c1. The molecule has 0 aliphatic rings. The number of carbonyl (C=O) groups is 1. The molecule has 1 N–H and O–H groups in total. The zero-order valence-corrected chi connectivity index (χ0v) is 12.2. The number of aliphatic carboxylic acids is 1. The van der Waals surface area contributed by atoms with Gasteiger partial charge in [-0.05, 0) is 25.5 Å². The van der Waals surface area contributed by atoms with Gasteiger partial charge in [-0.2, -0.15) is 0 Å². The molecule has 4 heteroatoms. The molecule has 2 radical (unpaired) electrons. The third kappa shape index (κ3) is 4.38. The van der Waals surface area contributed by atoms with E-state index in [1.54, 1.807) is 18.2 Å². The topological polar surface area (TPSA) is 46.5 Å². The molecule has 2 rings (SSSR count). The van der Waals surface area contributed by atoms with Crippen molar-refractivity contribution < 1.29 is 14.6 Å². The fourth-order valence-electron chi connectivity index (χ4n) is 2.35. The van der Waals surface area contributed by atoms with Crippen molar-refractivity contribution in [1.29, 1.82) is 0 Å². The molecule has 0 saturated heterocycles. The highest BCUT2D eigenvalue weighted by Crippen LogP contribution is 2.20. The molecule has 106 valence electrons. The molecule has 0 bridgehead atoms. The standard InChI is InChI=1S/C17H17BO3/c1-11-5-12(2)7-13(6-11)10-21-16-4-3-15(18)8-14(16)9-17(19)20/h3-8H,9-10H2,1-2H3,(H,19,20). The van der Waals surface area contributed by atoms with E-state index in [9.17, 15) is 4.79 Å². The van der Waals surface area contributed by atoms with E-state index in [-0.39, 0.29) is 6.42 Å². The fourth-order valence-corrected chi connectivity index (χ4v) is 2.35. The highest BCUT2D eigenvalue weighted by atomic mass is 16.5. The van der Waals surface area contributed by atoms with E-state index in [4.69, 9.17) is 17.7 Å². The van der Waals surface area contributed by atoms with Crippen LogP contribution in [0.2, 0.25) is 0 Å². The van der Waals surface area contributed by atoms with Crippen molar-refractivity contribution in [3.05, 3.63) is 58.7 Å². The summed E-state index contributed by atoms with van der Waals surface area (Å²) >= 11 is 0. The van der Waals surface area contributed by atoms with E-state index in [2.05, 4.69) is 18.2 Å². The lowest BCUT2D eigenvalue weighted by atomic mass is 9.93. The van der Waals surface area contributed by atoms with Gasteiger partial charge in [-0.3, -0.25) is 4.79 Å². The van der Waals surface area contributed by atoms with Crippen LogP contribution < -0.4 is 10.2 Å². The predicted molar refractivity (Wildman–Crippen MR) is 83.4 cm³/mol. The van der Waals surface area contributed by atoms with Crippen LogP contribution in [0.25, 0.3) is 0 Å². The molecule has 0 aliphatic carbocycles. The zero-order chi connectivity index (χ0) is 15.4. The molecule has 2 aromatic rings. The number of carboxylic acid groups (broad SMARTS) is 1. The van der Waals surface area contributed by atoms with Crippen LogP contribution in [-0.2, 0) is 17.8 Å². The molecule has 0 unspecified atom stereocenters. The van der Waals surface area contributed by atoms with Crippen molar-refractivity contribution >= 4 is 19.3 Å². The molecule has 21 heavy (non-hydrogen) atoms. The van der Waals surface area contributed by atoms with Crippen LogP contribution in [-0.4, -0.2) is 18.9 Å². The lowest BCUT2D eigenvalue weighted by Gasteiger charge is -2.12. The number of hydrogen-bond donors (Lipinski definition) is 1. The molecule has 0 amide bonds. The summed E-state index contributed by atoms with van der Waals surface area (Å²) in [5.41, 5.74) is 4.54. The van der Waals surface area contributed by atoms with Gasteiger partial charge in [0.1, 0.15) is 20.2 Å². The van der Waals surface area contributed by atoms with Crippen molar-refractivity contribution in [2.45, 2.75) is 26.9 Å². The Balaban J connectivity index is 2.17. The maximum atomic E-state index is 10.9. The largest absolute Gasteiger partial charge is 0.489 e. The predicted octanol–water partition coefficient (Wildman–Crippen LogP) is 2.30. The Morgan fingerprint density at radius 2 is 1.81 bits per heavy atom. The smallest absolute Gasteiger partial charge is 0.307 e. The van der Waals surface area contributed by atoms with Gasteiger partial charge in [0.05, 0.1) is 6.42 Å². The van der Waals surface area contributed by atoms with Gasteiger partial charge >= 0.3 is 5.97 Å². The fraction of sp³-hybridized carbons (Fsp3) is 0.235. The number of carboxylic acids is 1. The number of rotatable bonds is 5. The van der Waals surface area contributed by atoms with Crippen LogP contribution in [0.5, 0.6) is 5.75 Å². The van der Waals surface area contributed by atoms with Crippen LogP contribution >= 0.6 is 0 Å². The maximum Gasteiger partial charge on any atom is 0.307 e. The van der Waals surface area contributed by atoms with Crippen molar-refractivity contribution in [3.63, 3.8) is 0 Å². The summed E-state index contributed by atoms with van der Waals surface area (Å²) in [5.74, 6) is -0.345. The molecular weight excluding hydrogens is 263 g/mol. The second-order valence-corrected chi connectivity index (χ2v) is 5.22. The molecule has 0 atom stereocenters. The van der Waals surface area contributed by atoms with Crippen LogP contribution in [0.3, 0.4) is 0 Å². The van der Waals surface area contributed by atoms with E-state index >= 15 is 0 Å². The number of aryl methyl sites for hydroxylation is 2. The van der Waals surface area contributed by atoms with Crippen molar-refractivity contribution in [2.75, 3.05) is 0 Å². The summed E-state index contributed by atoms with van der Waals surface area (Å²) in [6, 6.07) is 11.3. The third-order valence-electron chi connectivity index (χ3n) is 3.10. The summed E-state index contributed by atoms with van der Waals surface area (Å²) in [4.78, 5) is 10.9. The van der Waals surface area contributed by atoms with Gasteiger partial charge < -0.3 is 9.84 Å². The van der Waals surface area contributed by atoms with E-state index in [0.717, 1.165) is 5.56 Å². The number of benzene rings is 2. The minimum Gasteiger partial charge on any atom is -0.489 e. The Kier molecular flexibility index (Phi) is 4.68. The molecular formula is C17H17BO3. The molecule has 0 heterocycles. The van der Waals surface area contributed by atoms with Crippen LogP contribution in [0.15, 0.2) is 36.4 Å². The van der Waals surface area contributed by atoms with Gasteiger partial charge in [-0.1, -0.05) is 46.9 Å². The Labute approximate surface area is 126 Å². The van der Waals surface area contributed by atoms with Crippen molar-refractivity contribution in [1.82, 2.24) is 0 Å². The first-order valence-electron chi connectivity index (χ1n) is 6.74. The molecule has 0 spiro atoms. The number of hydrogen-bond acceptors (Lipinski definition) is 2. The van der Waals surface area contributed by atoms with Gasteiger partial charge in [0.15, 0.2) is 0 Å². The second-order valence-electron chi connectivity index (χ2n) is 5.22. The Morgan fingerprint density at radius 1 is 1.14 bits per heavy atom. The summed E-state index contributed by atoms with van der Waals surface area (Å²) in [5, 5.41) is 8.94. The summed E-state index contributed by atoms with van der Waals surface area (Å²) in [7, 11) is 5.70. The van der Waals surface area contributed by atoms with Gasteiger partial charge in [-0.25, -0.2) is 0 Å². The van der Waals surface area contributed by atoms with Gasteiger partial charge in [0, 0.05) is 5.56 Å². The minimum absolute atomic E-state index is 0.104. The first kappa shape index (κ1) is 15.2. The highest BCUT2D eigenvalue weighted by Gasteiger charge is 2.09. The summed E-state index contributed by atoms with van der Waals surface area (Å²) in [6.45, 7) is 4.48. The van der Waals surface area contributed by atoms with Crippen LogP contribution in [0.1, 0.15) is 22.3 Å². The third-order valence-corrected chi connectivity index (χ3v) is 3.10. The molecule has 2 aromatic carbocycles. The van der Waals surface area contributed by atoms with Crippen molar-refractivity contribution in [3.8, 4) is 5.75 Å². The lowest BCUT2D eigenvalue weighted by molar-refractivity contribution is -0.136. The van der Waals surface area contributed by atoms with E-state index in [0.29, 0.717) is 23.4 Å². The Hall–Kier alpha value is -2.23. The monoisotopic (exact) mass is 280 g/mol. The van der Waals surface area contributed by atoms with E-state index < -0.39 is 5.97 Å². The van der Waals surface area contributed by atoms with Gasteiger partial charge in [0.25, 0.3) is 0 Å². The summed E-state index contributed by atoms with van der Waals surface area (Å²) in [6.07, 6.45) is -0.104. The first-order chi connectivity index (χ1) is 9.94. The number of ether oxygens (including phenoxy) is 1. The van der Waals surface area contributed by atoms with Crippen LogP contribution in [0, 0.1) is 13.8 Å². The molecule has 0 aliphatic heterocycles. The first-order valence-corrected chi connectivity index (χ1v) is 6.74. The van der Waals surface area contributed by atoms with Gasteiger partial charge in [-0.15, -0.1) is 0 Å². The van der Waals surface area contributed by atoms with Crippen molar-refractivity contribution in [2.24, 2.45) is 0 Å². The zero-order valence-electron chi connectivity index (χ0n) is 12.2. The second kappa shape index (κ2) is 6.48. The van der Waals surface area contributed by atoms with Crippen LogP contribution in [0.4, 0.5) is 0 Å². The molecule has 3 nitrogen and oxygen atoms in total. The highest BCUT2D eigenvalue weighted by molar-refractivity contribution is 6.32. The minimum atomic E-state index is -0.906.